The van der Waals surface area contributed by atoms with Crippen LogP contribution in [0.25, 0.3) is 22.8 Å². The minimum atomic E-state index is -0.209. The number of aromatic nitrogens is 4. The zero-order chi connectivity index (χ0) is 22.8. The van der Waals surface area contributed by atoms with Crippen LogP contribution in [0, 0.1) is 0 Å². The normalized spacial score (nSPS) is 12.2. The van der Waals surface area contributed by atoms with E-state index in [-0.39, 0.29) is 31.0 Å². The molecule has 2 aromatic carbocycles. The number of ether oxygens (including phenoxy) is 2. The van der Waals surface area contributed by atoms with Crippen molar-refractivity contribution in [3.63, 3.8) is 0 Å². The molecule has 3 N–H and O–H groups in total. The van der Waals surface area contributed by atoms with Crippen LogP contribution in [-0.4, -0.2) is 38.9 Å². The summed E-state index contributed by atoms with van der Waals surface area (Å²) in [6, 6.07) is 15.1. The van der Waals surface area contributed by atoms with Crippen molar-refractivity contribution in [1.29, 1.82) is 0 Å². The number of nitrogens with zero attached hydrogens (tertiary/aromatic N) is 4. The summed E-state index contributed by atoms with van der Waals surface area (Å²) in [4.78, 5) is 17.0. The van der Waals surface area contributed by atoms with Crippen LogP contribution in [0.1, 0.15) is 5.56 Å². The fourth-order valence-electron chi connectivity index (χ4n) is 3.38. The van der Waals surface area contributed by atoms with Crippen molar-refractivity contribution >= 4 is 23.5 Å². The standard InChI is InChI=1S/C22H20N6O4S/c1-33-22-18(19(23)28(26-22)11-17(29)24-10-13-5-3-2-4-6-13)21-25-20(27-32-21)14-7-8-15-16(9-14)31-12-30-15/h2-9H,10-12,23H2,1H3,(H,24,29). The topological polar surface area (TPSA) is 130 Å². The minimum absolute atomic E-state index is 0.0324. The molecule has 0 saturated heterocycles. The molecule has 5 rings (SSSR count). The van der Waals surface area contributed by atoms with Gasteiger partial charge in [0.1, 0.15) is 23.0 Å². The Hall–Kier alpha value is -3.99. The predicted octanol–water partition coefficient (Wildman–Crippen LogP) is 2.95. The van der Waals surface area contributed by atoms with Gasteiger partial charge in [0.05, 0.1) is 0 Å². The van der Waals surface area contributed by atoms with Gasteiger partial charge in [0.25, 0.3) is 5.89 Å². The van der Waals surface area contributed by atoms with Gasteiger partial charge in [-0.3, -0.25) is 4.79 Å². The third kappa shape index (κ3) is 4.22. The number of rotatable bonds is 7. The number of carbonyl (C=O) groups excluding carboxylic acids is 1. The van der Waals surface area contributed by atoms with Crippen LogP contribution in [0.2, 0.25) is 0 Å². The lowest BCUT2D eigenvalue weighted by Crippen LogP contribution is -2.28. The maximum absolute atomic E-state index is 12.5. The molecule has 0 radical (unpaired) electrons. The first-order valence-electron chi connectivity index (χ1n) is 10.1. The molecule has 0 aliphatic carbocycles. The number of hydrogen-bond acceptors (Lipinski definition) is 9. The molecule has 0 saturated carbocycles. The van der Waals surface area contributed by atoms with Gasteiger partial charge < -0.3 is 25.0 Å². The average Bonchev–Trinajstić information content (AvgIpc) is 3.57. The van der Waals surface area contributed by atoms with E-state index in [1.807, 2.05) is 42.7 Å². The highest BCUT2D eigenvalue weighted by molar-refractivity contribution is 7.98. The van der Waals surface area contributed by atoms with Crippen molar-refractivity contribution in [2.45, 2.75) is 18.1 Å². The molecule has 10 nitrogen and oxygen atoms in total. The van der Waals surface area contributed by atoms with Crippen LogP contribution in [0.15, 0.2) is 58.1 Å². The number of nitrogens with two attached hydrogens (primary N) is 1. The summed E-state index contributed by atoms with van der Waals surface area (Å²) in [6.07, 6.45) is 1.86. The lowest BCUT2D eigenvalue weighted by molar-refractivity contribution is -0.122. The van der Waals surface area contributed by atoms with Crippen molar-refractivity contribution in [2.75, 3.05) is 18.8 Å². The van der Waals surface area contributed by atoms with Gasteiger partial charge in [-0.15, -0.1) is 11.8 Å². The third-order valence-corrected chi connectivity index (χ3v) is 5.72. The summed E-state index contributed by atoms with van der Waals surface area (Å²) in [5.74, 6) is 1.96. The van der Waals surface area contributed by atoms with Crippen molar-refractivity contribution in [2.24, 2.45) is 0 Å². The second kappa shape index (κ2) is 8.87. The van der Waals surface area contributed by atoms with Crippen molar-refractivity contribution in [3.8, 4) is 34.3 Å². The molecule has 0 fully saturated rings. The Morgan fingerprint density at radius 3 is 2.82 bits per heavy atom. The molecule has 0 unspecified atom stereocenters. The first-order valence-corrected chi connectivity index (χ1v) is 11.3. The maximum Gasteiger partial charge on any atom is 0.264 e. The van der Waals surface area contributed by atoms with E-state index in [2.05, 4.69) is 20.6 Å². The van der Waals surface area contributed by atoms with Gasteiger partial charge in [0.2, 0.25) is 18.5 Å². The highest BCUT2D eigenvalue weighted by Crippen LogP contribution is 2.37. The molecule has 0 atom stereocenters. The summed E-state index contributed by atoms with van der Waals surface area (Å²) >= 11 is 1.38. The van der Waals surface area contributed by atoms with Crippen molar-refractivity contribution in [1.82, 2.24) is 25.2 Å². The van der Waals surface area contributed by atoms with E-state index in [0.717, 1.165) is 5.56 Å². The Morgan fingerprint density at radius 1 is 1.18 bits per heavy atom. The second-order valence-electron chi connectivity index (χ2n) is 7.18. The van der Waals surface area contributed by atoms with Crippen LogP contribution >= 0.6 is 11.8 Å². The molecule has 1 amide bonds. The summed E-state index contributed by atoms with van der Waals surface area (Å²) in [6.45, 7) is 0.572. The zero-order valence-electron chi connectivity index (χ0n) is 17.6. The highest BCUT2D eigenvalue weighted by Gasteiger charge is 2.24. The van der Waals surface area contributed by atoms with Crippen LogP contribution in [-0.2, 0) is 17.9 Å². The average molecular weight is 465 g/mol. The Kier molecular flexibility index (Phi) is 5.61. The fraction of sp³-hybridized carbons (Fsp3) is 0.182. The number of anilines is 1. The van der Waals surface area contributed by atoms with E-state index < -0.39 is 0 Å². The van der Waals surface area contributed by atoms with Crippen LogP contribution < -0.4 is 20.5 Å². The van der Waals surface area contributed by atoms with Gasteiger partial charge >= 0.3 is 0 Å². The van der Waals surface area contributed by atoms with Gasteiger partial charge in [-0.05, 0) is 30.0 Å². The summed E-state index contributed by atoms with van der Waals surface area (Å²) in [5.41, 5.74) is 8.55. The van der Waals surface area contributed by atoms with Crippen molar-refractivity contribution < 1.29 is 18.8 Å². The minimum Gasteiger partial charge on any atom is -0.454 e. The Labute approximate surface area is 193 Å². The lowest BCUT2D eigenvalue weighted by Gasteiger charge is -2.06. The molecule has 2 aromatic heterocycles. The largest absolute Gasteiger partial charge is 0.454 e. The molecule has 4 aromatic rings. The number of thioether (sulfide) groups is 1. The summed E-state index contributed by atoms with van der Waals surface area (Å²) < 4.78 is 17.7. The first kappa shape index (κ1) is 20.9. The van der Waals surface area contributed by atoms with E-state index in [4.69, 9.17) is 19.7 Å². The van der Waals surface area contributed by atoms with Crippen LogP contribution in [0.5, 0.6) is 11.5 Å². The maximum atomic E-state index is 12.5. The number of carbonyl (C=O) groups is 1. The van der Waals surface area contributed by atoms with E-state index in [1.54, 1.807) is 12.1 Å². The van der Waals surface area contributed by atoms with Gasteiger partial charge in [-0.1, -0.05) is 35.5 Å². The molecule has 168 valence electrons. The van der Waals surface area contributed by atoms with E-state index in [1.165, 1.54) is 16.4 Å². The molecule has 3 heterocycles. The van der Waals surface area contributed by atoms with E-state index in [0.29, 0.717) is 40.0 Å². The number of nitrogens with one attached hydrogen (secondary N) is 1. The van der Waals surface area contributed by atoms with Gasteiger partial charge in [-0.25, -0.2) is 4.68 Å². The monoisotopic (exact) mass is 464 g/mol. The van der Waals surface area contributed by atoms with Crippen LogP contribution in [0.3, 0.4) is 0 Å². The predicted molar refractivity (Wildman–Crippen MR) is 122 cm³/mol. The molecular formula is C22H20N6O4S. The molecule has 33 heavy (non-hydrogen) atoms. The van der Waals surface area contributed by atoms with Crippen LogP contribution in [0.4, 0.5) is 5.82 Å². The third-order valence-electron chi connectivity index (χ3n) is 5.05. The summed E-state index contributed by atoms with van der Waals surface area (Å²) in [5, 5.41) is 12.0. The fourth-order valence-corrected chi connectivity index (χ4v) is 3.96. The first-order chi connectivity index (χ1) is 16.1. The SMILES string of the molecule is CSc1nn(CC(=O)NCc2ccccc2)c(N)c1-c1nc(-c2ccc3c(c2)OCO3)no1. The molecule has 0 spiro atoms. The van der Waals surface area contributed by atoms with Gasteiger partial charge in [-0.2, -0.15) is 10.1 Å². The molecule has 1 aliphatic heterocycles. The van der Waals surface area contributed by atoms with Crippen molar-refractivity contribution in [3.05, 3.63) is 54.1 Å². The smallest absolute Gasteiger partial charge is 0.264 e. The zero-order valence-corrected chi connectivity index (χ0v) is 18.5. The Balaban J connectivity index is 1.35. The molecule has 0 bridgehead atoms. The number of amides is 1. The number of hydrogen-bond donors (Lipinski definition) is 2. The number of nitrogen functional groups attached to an aromatic ring is 1. The summed E-state index contributed by atoms with van der Waals surface area (Å²) in [7, 11) is 0. The van der Waals surface area contributed by atoms with E-state index in [9.17, 15) is 4.79 Å². The Morgan fingerprint density at radius 2 is 2.00 bits per heavy atom. The molecule has 1 aliphatic rings. The number of benzene rings is 2. The molecule has 11 heteroatoms. The quantitative estimate of drug-likeness (QED) is 0.396. The Bertz CT molecular complexity index is 1300. The van der Waals surface area contributed by atoms with Gasteiger partial charge in [0.15, 0.2) is 11.5 Å². The highest BCUT2D eigenvalue weighted by atomic mass is 32.2. The van der Waals surface area contributed by atoms with Gasteiger partial charge in [0, 0.05) is 12.1 Å². The molecular weight excluding hydrogens is 444 g/mol. The van der Waals surface area contributed by atoms with E-state index >= 15 is 0 Å². The number of fused-ring (bicyclic) bond motifs is 1. The lowest BCUT2D eigenvalue weighted by atomic mass is 10.2. The second-order valence-corrected chi connectivity index (χ2v) is 7.98.